The first kappa shape index (κ1) is 15.0. The molecule has 0 aromatic heterocycles. The number of ether oxygens (including phenoxy) is 1. The molecule has 19 heavy (non-hydrogen) atoms. The summed E-state index contributed by atoms with van der Waals surface area (Å²) < 4.78 is 18.3. The number of halogens is 1. The summed E-state index contributed by atoms with van der Waals surface area (Å²) in [5.74, 6) is -0.201. The number of hydrogen-bond acceptors (Lipinski definition) is 3. The van der Waals surface area contributed by atoms with Crippen molar-refractivity contribution in [2.75, 3.05) is 14.2 Å². The van der Waals surface area contributed by atoms with Crippen LogP contribution in [-0.2, 0) is 11.3 Å². The molecule has 0 saturated heterocycles. The molecule has 0 aliphatic carbocycles. The maximum absolute atomic E-state index is 13.2. The average molecular weight is 264 g/mol. The van der Waals surface area contributed by atoms with Crippen molar-refractivity contribution < 1.29 is 13.9 Å². The summed E-state index contributed by atoms with van der Waals surface area (Å²) in [5, 5.41) is 8.94. The number of amides is 1. The van der Waals surface area contributed by atoms with Crippen molar-refractivity contribution >= 4 is 5.91 Å². The largest absolute Gasteiger partial charge is 0.496 e. The van der Waals surface area contributed by atoms with Crippen LogP contribution in [0.5, 0.6) is 5.75 Å². The molecule has 0 fully saturated rings. The Kier molecular flexibility index (Phi) is 4.49. The van der Waals surface area contributed by atoms with E-state index in [0.717, 1.165) is 0 Å². The van der Waals surface area contributed by atoms with E-state index in [4.69, 9.17) is 10.00 Å². The summed E-state index contributed by atoms with van der Waals surface area (Å²) in [4.78, 5) is 13.4. The van der Waals surface area contributed by atoms with Gasteiger partial charge in [-0.3, -0.25) is 4.79 Å². The van der Waals surface area contributed by atoms with Gasteiger partial charge >= 0.3 is 0 Å². The first-order valence-electron chi connectivity index (χ1n) is 5.81. The lowest BCUT2D eigenvalue weighted by molar-refractivity contribution is -0.136. The van der Waals surface area contributed by atoms with E-state index in [0.29, 0.717) is 11.3 Å². The van der Waals surface area contributed by atoms with Gasteiger partial charge in [-0.1, -0.05) is 0 Å². The van der Waals surface area contributed by atoms with Crippen LogP contribution in [0.15, 0.2) is 18.2 Å². The van der Waals surface area contributed by atoms with E-state index < -0.39 is 11.2 Å². The molecule has 0 N–H and O–H groups in total. The molecular formula is C14H17FN2O2. The number of nitrogens with zero attached hydrogens (tertiary/aromatic N) is 2. The van der Waals surface area contributed by atoms with Crippen molar-refractivity contribution in [1.29, 1.82) is 5.26 Å². The van der Waals surface area contributed by atoms with Gasteiger partial charge in [-0.05, 0) is 32.0 Å². The highest BCUT2D eigenvalue weighted by Gasteiger charge is 2.30. The molecule has 0 spiro atoms. The minimum atomic E-state index is -1.10. The molecule has 0 heterocycles. The van der Waals surface area contributed by atoms with E-state index >= 15 is 0 Å². The number of carbonyl (C=O) groups excluding carboxylic acids is 1. The van der Waals surface area contributed by atoms with E-state index in [1.54, 1.807) is 20.9 Å². The Morgan fingerprint density at radius 3 is 2.68 bits per heavy atom. The summed E-state index contributed by atoms with van der Waals surface area (Å²) in [6.45, 7) is 3.29. The zero-order valence-corrected chi connectivity index (χ0v) is 11.5. The minimum absolute atomic E-state index is 0.185. The lowest BCUT2D eigenvalue weighted by Crippen LogP contribution is -2.37. The number of benzene rings is 1. The third kappa shape index (κ3) is 3.44. The van der Waals surface area contributed by atoms with Gasteiger partial charge in [0.1, 0.15) is 17.0 Å². The highest BCUT2D eigenvalue weighted by atomic mass is 19.1. The molecule has 0 unspecified atom stereocenters. The van der Waals surface area contributed by atoms with E-state index in [1.165, 1.54) is 30.2 Å². The van der Waals surface area contributed by atoms with Gasteiger partial charge in [-0.15, -0.1) is 0 Å². The normalized spacial score (nSPS) is 10.7. The summed E-state index contributed by atoms with van der Waals surface area (Å²) >= 11 is 0. The molecule has 0 aliphatic heterocycles. The number of carbonyl (C=O) groups is 1. The third-order valence-corrected chi connectivity index (χ3v) is 2.81. The first-order chi connectivity index (χ1) is 8.81. The maximum Gasteiger partial charge on any atom is 0.242 e. The summed E-state index contributed by atoms with van der Waals surface area (Å²) in [7, 11) is 3.06. The van der Waals surface area contributed by atoms with Crippen molar-refractivity contribution in [3.63, 3.8) is 0 Å². The molecule has 0 radical (unpaired) electrons. The Labute approximate surface area is 112 Å². The van der Waals surface area contributed by atoms with E-state index in [1.807, 2.05) is 6.07 Å². The molecule has 0 aliphatic rings. The number of hydrogen-bond donors (Lipinski definition) is 0. The molecule has 1 aromatic carbocycles. The van der Waals surface area contributed by atoms with Crippen LogP contribution in [0.2, 0.25) is 0 Å². The molecule has 4 nitrogen and oxygen atoms in total. The van der Waals surface area contributed by atoms with Crippen LogP contribution in [-0.4, -0.2) is 25.0 Å². The molecule has 102 valence electrons. The Balaban J connectivity index is 2.94. The standard InChI is InChI=1S/C14H17FN2O2/c1-14(2,9-16)13(18)17(3)8-10-7-11(15)5-6-12(10)19-4/h5-7H,8H2,1-4H3. The van der Waals surface area contributed by atoms with Crippen LogP contribution in [0.1, 0.15) is 19.4 Å². The zero-order chi connectivity index (χ0) is 14.6. The van der Waals surface area contributed by atoms with E-state index in [-0.39, 0.29) is 12.5 Å². The van der Waals surface area contributed by atoms with Gasteiger partial charge in [-0.2, -0.15) is 5.26 Å². The van der Waals surface area contributed by atoms with Crippen LogP contribution in [0.25, 0.3) is 0 Å². The minimum Gasteiger partial charge on any atom is -0.496 e. The van der Waals surface area contributed by atoms with Gasteiger partial charge in [0, 0.05) is 19.2 Å². The monoisotopic (exact) mass is 264 g/mol. The quantitative estimate of drug-likeness (QED) is 0.838. The maximum atomic E-state index is 13.2. The average Bonchev–Trinajstić information content (AvgIpc) is 2.38. The van der Waals surface area contributed by atoms with Crippen molar-refractivity contribution in [1.82, 2.24) is 4.90 Å². The van der Waals surface area contributed by atoms with Crippen molar-refractivity contribution in [3.8, 4) is 11.8 Å². The number of rotatable bonds is 4. The molecule has 1 amide bonds. The topological polar surface area (TPSA) is 53.3 Å². The highest BCUT2D eigenvalue weighted by Crippen LogP contribution is 2.23. The van der Waals surface area contributed by atoms with Crippen molar-refractivity contribution in [3.05, 3.63) is 29.6 Å². The van der Waals surface area contributed by atoms with Gasteiger partial charge < -0.3 is 9.64 Å². The molecule has 5 heteroatoms. The van der Waals surface area contributed by atoms with Crippen LogP contribution < -0.4 is 4.74 Å². The Hall–Kier alpha value is -2.09. The molecule has 0 bridgehead atoms. The van der Waals surface area contributed by atoms with Crippen LogP contribution >= 0.6 is 0 Å². The molecule has 0 atom stereocenters. The predicted molar refractivity (Wildman–Crippen MR) is 68.8 cm³/mol. The lowest BCUT2D eigenvalue weighted by Gasteiger charge is -2.24. The fourth-order valence-electron chi connectivity index (χ4n) is 1.72. The van der Waals surface area contributed by atoms with Gasteiger partial charge in [0.05, 0.1) is 13.2 Å². The van der Waals surface area contributed by atoms with Gasteiger partial charge in [0.15, 0.2) is 0 Å². The van der Waals surface area contributed by atoms with Gasteiger partial charge in [0.25, 0.3) is 0 Å². The van der Waals surface area contributed by atoms with E-state index in [2.05, 4.69) is 0 Å². The second-order valence-electron chi connectivity index (χ2n) is 4.85. The van der Waals surface area contributed by atoms with Crippen molar-refractivity contribution in [2.45, 2.75) is 20.4 Å². The highest BCUT2D eigenvalue weighted by molar-refractivity contribution is 5.84. The van der Waals surface area contributed by atoms with Gasteiger partial charge in [0.2, 0.25) is 5.91 Å². The second-order valence-corrected chi connectivity index (χ2v) is 4.85. The Morgan fingerprint density at radius 1 is 1.53 bits per heavy atom. The zero-order valence-electron chi connectivity index (χ0n) is 11.5. The molecule has 1 aromatic rings. The third-order valence-electron chi connectivity index (χ3n) is 2.81. The SMILES string of the molecule is COc1ccc(F)cc1CN(C)C(=O)C(C)(C)C#N. The summed E-state index contributed by atoms with van der Waals surface area (Å²) in [6.07, 6.45) is 0. The molecule has 0 saturated carbocycles. The molecular weight excluding hydrogens is 247 g/mol. The Bertz CT molecular complexity index is 521. The summed E-state index contributed by atoms with van der Waals surface area (Å²) in [6, 6.07) is 6.08. The number of methoxy groups -OCH3 is 1. The predicted octanol–water partition coefficient (Wildman–Crippen LogP) is 2.34. The van der Waals surface area contributed by atoms with Crippen LogP contribution in [0.4, 0.5) is 4.39 Å². The van der Waals surface area contributed by atoms with Crippen LogP contribution in [0.3, 0.4) is 0 Å². The fraction of sp³-hybridized carbons (Fsp3) is 0.429. The van der Waals surface area contributed by atoms with Crippen molar-refractivity contribution in [2.24, 2.45) is 5.41 Å². The lowest BCUT2D eigenvalue weighted by atomic mass is 9.94. The van der Waals surface area contributed by atoms with E-state index in [9.17, 15) is 9.18 Å². The molecule has 1 rings (SSSR count). The van der Waals surface area contributed by atoms with Crippen LogP contribution in [0, 0.1) is 22.6 Å². The fourth-order valence-corrected chi connectivity index (χ4v) is 1.72. The first-order valence-corrected chi connectivity index (χ1v) is 5.81. The van der Waals surface area contributed by atoms with Gasteiger partial charge in [-0.25, -0.2) is 4.39 Å². The number of nitriles is 1. The smallest absolute Gasteiger partial charge is 0.242 e. The summed E-state index contributed by atoms with van der Waals surface area (Å²) in [5.41, 5.74) is -0.540. The Morgan fingerprint density at radius 2 is 2.16 bits per heavy atom. The second kappa shape index (κ2) is 5.70.